The molecule has 3 rings (SSSR count). The predicted molar refractivity (Wildman–Crippen MR) is 70.3 cm³/mol. The maximum absolute atomic E-state index is 12.0. The van der Waals surface area contributed by atoms with Crippen molar-refractivity contribution in [2.75, 3.05) is 0 Å². The smallest absolute Gasteiger partial charge is 0.224 e. The van der Waals surface area contributed by atoms with E-state index in [1.807, 2.05) is 12.1 Å². The molecule has 5 heteroatoms. The van der Waals surface area contributed by atoms with Gasteiger partial charge in [-0.2, -0.15) is 5.10 Å². The minimum absolute atomic E-state index is 0.101. The average Bonchev–Trinajstić information content (AvgIpc) is 3.04. The van der Waals surface area contributed by atoms with Crippen LogP contribution in [-0.4, -0.2) is 21.1 Å². The quantitative estimate of drug-likeness (QED) is 0.871. The number of hydrogen-bond donors (Lipinski definition) is 2. The van der Waals surface area contributed by atoms with Gasteiger partial charge in [-0.05, 0) is 30.4 Å². The molecule has 1 aromatic carbocycles. The number of nitrogens with one attached hydrogen (secondary N) is 2. The number of nitrogens with zero attached hydrogens (tertiary/aromatic N) is 2. The molecule has 1 saturated carbocycles. The van der Waals surface area contributed by atoms with Crippen LogP contribution in [0.2, 0.25) is 0 Å². The zero-order valence-electron chi connectivity index (χ0n) is 10.8. The van der Waals surface area contributed by atoms with Crippen LogP contribution in [0.4, 0.5) is 0 Å². The summed E-state index contributed by atoms with van der Waals surface area (Å²) in [7, 11) is 0. The van der Waals surface area contributed by atoms with Crippen molar-refractivity contribution >= 4 is 5.91 Å². The van der Waals surface area contributed by atoms with Gasteiger partial charge in [-0.15, -0.1) is 0 Å². The minimum atomic E-state index is 0.101. The third-order valence-corrected chi connectivity index (χ3v) is 3.61. The first kappa shape index (κ1) is 11.9. The van der Waals surface area contributed by atoms with Gasteiger partial charge in [0.1, 0.15) is 12.2 Å². The van der Waals surface area contributed by atoms with Crippen LogP contribution in [0, 0.1) is 12.8 Å². The van der Waals surface area contributed by atoms with Crippen molar-refractivity contribution in [1.29, 1.82) is 0 Å². The molecule has 1 aliphatic carbocycles. The summed E-state index contributed by atoms with van der Waals surface area (Å²) < 4.78 is 0. The average molecular weight is 256 g/mol. The molecular formula is C14H16N4O. The summed E-state index contributed by atoms with van der Waals surface area (Å²) in [5, 5.41) is 9.37. The maximum Gasteiger partial charge on any atom is 0.224 e. The number of benzene rings is 1. The van der Waals surface area contributed by atoms with Gasteiger partial charge in [0, 0.05) is 5.92 Å². The van der Waals surface area contributed by atoms with Crippen molar-refractivity contribution in [3.8, 4) is 0 Å². The number of amides is 1. The summed E-state index contributed by atoms with van der Waals surface area (Å²) in [4.78, 5) is 16.0. The van der Waals surface area contributed by atoms with Gasteiger partial charge < -0.3 is 5.32 Å². The molecule has 98 valence electrons. The fourth-order valence-corrected chi connectivity index (χ4v) is 2.45. The van der Waals surface area contributed by atoms with E-state index >= 15 is 0 Å². The van der Waals surface area contributed by atoms with Gasteiger partial charge >= 0.3 is 0 Å². The first-order chi connectivity index (χ1) is 9.25. The highest BCUT2D eigenvalue weighted by Gasteiger charge is 2.44. The maximum atomic E-state index is 12.0. The summed E-state index contributed by atoms with van der Waals surface area (Å²) in [6.45, 7) is 2.51. The van der Waals surface area contributed by atoms with E-state index in [1.165, 1.54) is 17.5 Å². The molecule has 0 spiro atoms. The first-order valence-corrected chi connectivity index (χ1v) is 6.43. The van der Waals surface area contributed by atoms with E-state index in [0.717, 1.165) is 6.42 Å². The third-order valence-electron chi connectivity index (χ3n) is 3.61. The van der Waals surface area contributed by atoms with Gasteiger partial charge in [-0.25, -0.2) is 4.98 Å². The van der Waals surface area contributed by atoms with Crippen LogP contribution in [-0.2, 0) is 11.3 Å². The minimum Gasteiger partial charge on any atom is -0.349 e. The van der Waals surface area contributed by atoms with E-state index in [-0.39, 0.29) is 11.8 Å². The van der Waals surface area contributed by atoms with Crippen molar-refractivity contribution in [3.05, 3.63) is 47.5 Å². The van der Waals surface area contributed by atoms with Crippen LogP contribution in [0.5, 0.6) is 0 Å². The van der Waals surface area contributed by atoms with Gasteiger partial charge in [-0.3, -0.25) is 9.89 Å². The molecule has 2 N–H and O–H groups in total. The molecule has 0 bridgehead atoms. The Bertz CT molecular complexity index is 579. The van der Waals surface area contributed by atoms with E-state index in [1.54, 1.807) is 0 Å². The SMILES string of the molecule is Cc1ccccc1[C@H]1C[C@H]1C(=O)NCc1ncn[nH]1. The van der Waals surface area contributed by atoms with Gasteiger partial charge in [0.25, 0.3) is 0 Å². The lowest BCUT2D eigenvalue weighted by molar-refractivity contribution is -0.122. The number of carbonyl (C=O) groups is 1. The number of hydrogen-bond acceptors (Lipinski definition) is 3. The van der Waals surface area contributed by atoms with Crippen molar-refractivity contribution in [3.63, 3.8) is 0 Å². The molecule has 5 nitrogen and oxygen atoms in total. The Balaban J connectivity index is 1.57. The summed E-state index contributed by atoms with van der Waals surface area (Å²) in [5.74, 6) is 1.26. The van der Waals surface area contributed by atoms with Crippen LogP contribution in [0.3, 0.4) is 0 Å². The second-order valence-electron chi connectivity index (χ2n) is 4.96. The molecule has 1 aromatic heterocycles. The van der Waals surface area contributed by atoms with Crippen LogP contribution < -0.4 is 5.32 Å². The number of aromatic amines is 1. The van der Waals surface area contributed by atoms with Crippen LogP contribution in [0.1, 0.15) is 29.3 Å². The number of carbonyl (C=O) groups excluding carboxylic acids is 1. The summed E-state index contributed by atoms with van der Waals surface area (Å²) in [5.41, 5.74) is 2.56. The van der Waals surface area contributed by atoms with Crippen LogP contribution in [0.25, 0.3) is 0 Å². The first-order valence-electron chi connectivity index (χ1n) is 6.43. The molecule has 1 heterocycles. The summed E-state index contributed by atoms with van der Waals surface area (Å²) in [6, 6.07) is 8.27. The van der Waals surface area contributed by atoms with Gasteiger partial charge in [-0.1, -0.05) is 24.3 Å². The zero-order chi connectivity index (χ0) is 13.2. The normalized spacial score (nSPS) is 21.1. The summed E-state index contributed by atoms with van der Waals surface area (Å²) in [6.07, 6.45) is 2.38. The van der Waals surface area contributed by atoms with Gasteiger partial charge in [0.05, 0.1) is 6.54 Å². The molecule has 0 unspecified atom stereocenters. The molecule has 0 radical (unpaired) electrons. The van der Waals surface area contributed by atoms with Crippen LogP contribution in [0.15, 0.2) is 30.6 Å². The molecule has 0 aliphatic heterocycles. The van der Waals surface area contributed by atoms with Crippen molar-refractivity contribution < 1.29 is 4.79 Å². The molecule has 1 fully saturated rings. The third kappa shape index (κ3) is 2.50. The summed E-state index contributed by atoms with van der Waals surface area (Å²) >= 11 is 0. The Kier molecular flexibility index (Phi) is 3.03. The molecule has 2 aromatic rings. The second kappa shape index (κ2) is 4.84. The zero-order valence-corrected chi connectivity index (χ0v) is 10.8. The monoisotopic (exact) mass is 256 g/mol. The van der Waals surface area contributed by atoms with E-state index < -0.39 is 0 Å². The Morgan fingerprint density at radius 3 is 3.05 bits per heavy atom. The van der Waals surface area contributed by atoms with Gasteiger partial charge in [0.15, 0.2) is 0 Å². The number of aryl methyl sites for hydroxylation is 1. The topological polar surface area (TPSA) is 70.7 Å². The molecule has 19 heavy (non-hydrogen) atoms. The Morgan fingerprint density at radius 2 is 2.32 bits per heavy atom. The standard InChI is InChI=1S/C14H16N4O/c1-9-4-2-3-5-10(9)11-6-12(11)14(19)15-7-13-16-8-17-18-13/h2-5,8,11-12H,6-7H2,1H3,(H,15,19)(H,16,17,18)/t11-,12-/m1/s1. The lowest BCUT2D eigenvalue weighted by Crippen LogP contribution is -2.25. The van der Waals surface area contributed by atoms with E-state index in [9.17, 15) is 4.79 Å². The Hall–Kier alpha value is -2.17. The fourth-order valence-electron chi connectivity index (χ4n) is 2.45. The molecule has 1 amide bonds. The van der Waals surface area contributed by atoms with Crippen molar-refractivity contribution in [2.24, 2.45) is 5.92 Å². The van der Waals surface area contributed by atoms with Gasteiger partial charge in [0.2, 0.25) is 5.91 Å². The second-order valence-corrected chi connectivity index (χ2v) is 4.96. The number of rotatable bonds is 4. The van der Waals surface area contributed by atoms with Crippen molar-refractivity contribution in [2.45, 2.75) is 25.8 Å². The highest BCUT2D eigenvalue weighted by atomic mass is 16.2. The number of H-pyrrole nitrogens is 1. The van der Waals surface area contributed by atoms with E-state index in [2.05, 4.69) is 39.6 Å². The Labute approximate surface area is 111 Å². The predicted octanol–water partition coefficient (Wildman–Crippen LogP) is 1.53. The molecule has 1 aliphatic rings. The largest absolute Gasteiger partial charge is 0.349 e. The lowest BCUT2D eigenvalue weighted by Gasteiger charge is -2.05. The highest BCUT2D eigenvalue weighted by molar-refractivity contribution is 5.82. The molecule has 2 atom stereocenters. The lowest BCUT2D eigenvalue weighted by atomic mass is 10.0. The molecule has 0 saturated heterocycles. The fraction of sp³-hybridized carbons (Fsp3) is 0.357. The highest BCUT2D eigenvalue weighted by Crippen LogP contribution is 2.48. The molecular weight excluding hydrogens is 240 g/mol. The number of aromatic nitrogens is 3. The Morgan fingerprint density at radius 1 is 1.47 bits per heavy atom. The van der Waals surface area contributed by atoms with Crippen molar-refractivity contribution in [1.82, 2.24) is 20.5 Å². The van der Waals surface area contributed by atoms with E-state index in [0.29, 0.717) is 18.3 Å². The van der Waals surface area contributed by atoms with Crippen LogP contribution >= 0.6 is 0 Å². The van der Waals surface area contributed by atoms with E-state index in [4.69, 9.17) is 0 Å².